The second kappa shape index (κ2) is 6.50. The van der Waals surface area contributed by atoms with Crippen molar-refractivity contribution in [3.8, 4) is 0 Å². The van der Waals surface area contributed by atoms with Crippen molar-refractivity contribution >= 4 is 23.1 Å². The monoisotopic (exact) mass is 303 g/mol. The van der Waals surface area contributed by atoms with Gasteiger partial charge in [-0.3, -0.25) is 14.9 Å². The van der Waals surface area contributed by atoms with Crippen LogP contribution in [0.15, 0.2) is 48.5 Å². The molecule has 0 radical (unpaired) electrons. The molecule has 21 heavy (non-hydrogen) atoms. The van der Waals surface area contributed by atoms with Gasteiger partial charge in [-0.1, -0.05) is 42.0 Å². The van der Waals surface area contributed by atoms with Crippen molar-refractivity contribution in [2.24, 2.45) is 0 Å². The van der Waals surface area contributed by atoms with Crippen molar-refractivity contribution in [2.75, 3.05) is 0 Å². The number of hydrogen-bond donors (Lipinski definition) is 0. The molecular formula is C16H14ClNO3. The van der Waals surface area contributed by atoms with E-state index in [1.54, 1.807) is 0 Å². The third-order valence-corrected chi connectivity index (χ3v) is 3.67. The highest BCUT2D eigenvalue weighted by molar-refractivity contribution is 6.31. The third kappa shape index (κ3) is 3.89. The fourth-order valence-electron chi connectivity index (χ4n) is 1.95. The van der Waals surface area contributed by atoms with Crippen molar-refractivity contribution in [2.45, 2.75) is 18.7 Å². The summed E-state index contributed by atoms with van der Waals surface area (Å²) in [6.45, 7) is 1.98. The molecule has 2 aromatic rings. The Morgan fingerprint density at radius 2 is 1.71 bits per heavy atom. The molecule has 0 aliphatic rings. The van der Waals surface area contributed by atoms with Crippen LogP contribution in [0.5, 0.6) is 0 Å². The van der Waals surface area contributed by atoms with E-state index in [0.717, 1.165) is 11.1 Å². The van der Waals surface area contributed by atoms with Gasteiger partial charge in [-0.15, -0.1) is 11.6 Å². The molecule has 0 bridgehead atoms. The number of rotatable bonds is 5. The minimum Gasteiger partial charge on any atom is -0.297 e. The van der Waals surface area contributed by atoms with Gasteiger partial charge in [0.1, 0.15) is 5.38 Å². The molecule has 0 fully saturated rings. The van der Waals surface area contributed by atoms with Crippen LogP contribution < -0.4 is 0 Å². The normalized spacial score (nSPS) is 11.9. The van der Waals surface area contributed by atoms with Gasteiger partial charge in [0.25, 0.3) is 5.69 Å². The number of nitro groups is 1. The van der Waals surface area contributed by atoms with Crippen molar-refractivity contribution in [3.05, 3.63) is 75.3 Å². The van der Waals surface area contributed by atoms with Crippen LogP contribution in [-0.4, -0.2) is 10.7 Å². The lowest BCUT2D eigenvalue weighted by atomic mass is 10.0. The molecule has 1 unspecified atom stereocenters. The first kappa shape index (κ1) is 15.2. The maximum atomic E-state index is 12.2. The highest BCUT2D eigenvalue weighted by Gasteiger charge is 2.18. The summed E-state index contributed by atoms with van der Waals surface area (Å²) in [7, 11) is 0. The first-order valence-electron chi connectivity index (χ1n) is 6.44. The molecule has 0 N–H and O–H groups in total. The first-order chi connectivity index (χ1) is 9.97. The van der Waals surface area contributed by atoms with Gasteiger partial charge in [0.05, 0.1) is 4.92 Å². The molecule has 2 aromatic carbocycles. The van der Waals surface area contributed by atoms with E-state index in [4.69, 9.17) is 11.6 Å². The first-order valence-corrected chi connectivity index (χ1v) is 6.87. The summed E-state index contributed by atoms with van der Waals surface area (Å²) >= 11 is 6.15. The van der Waals surface area contributed by atoms with Gasteiger partial charge in [0.15, 0.2) is 5.78 Å². The van der Waals surface area contributed by atoms with E-state index < -0.39 is 10.3 Å². The highest BCUT2D eigenvalue weighted by Crippen LogP contribution is 2.25. The van der Waals surface area contributed by atoms with Crippen molar-refractivity contribution in [1.82, 2.24) is 0 Å². The van der Waals surface area contributed by atoms with Crippen LogP contribution in [0.4, 0.5) is 5.69 Å². The Morgan fingerprint density at radius 1 is 1.14 bits per heavy atom. The van der Waals surface area contributed by atoms with Gasteiger partial charge >= 0.3 is 0 Å². The minimum absolute atomic E-state index is 0.0198. The van der Waals surface area contributed by atoms with Crippen LogP contribution in [0.2, 0.25) is 0 Å². The number of nitrogens with zero attached hydrogens (tertiary/aromatic N) is 1. The van der Waals surface area contributed by atoms with Crippen LogP contribution in [0.1, 0.15) is 22.1 Å². The van der Waals surface area contributed by atoms with Gasteiger partial charge in [-0.25, -0.2) is 0 Å². The predicted octanol–water partition coefficient (Wildman–Crippen LogP) is 3.99. The SMILES string of the molecule is Cc1ccc(CC(=O)C(Cl)c2ccc([N+](=O)[O-])cc2)cc1. The molecule has 5 heteroatoms. The lowest BCUT2D eigenvalue weighted by Crippen LogP contribution is -2.10. The Labute approximate surface area is 127 Å². The van der Waals surface area contributed by atoms with Crippen molar-refractivity contribution < 1.29 is 9.72 Å². The Kier molecular flexibility index (Phi) is 4.70. The smallest absolute Gasteiger partial charge is 0.269 e. The summed E-state index contributed by atoms with van der Waals surface area (Å²) in [5.41, 5.74) is 2.58. The standard InChI is InChI=1S/C16H14ClNO3/c1-11-2-4-12(5-3-11)10-15(19)16(17)13-6-8-14(9-7-13)18(20)21/h2-9,16H,10H2,1H3. The number of Topliss-reactive ketones (excluding diaryl/α,β-unsaturated/α-hetero) is 1. The number of alkyl halides is 1. The number of ketones is 1. The van der Waals surface area contributed by atoms with Gasteiger partial charge < -0.3 is 0 Å². The number of benzene rings is 2. The zero-order valence-electron chi connectivity index (χ0n) is 11.5. The van der Waals surface area contributed by atoms with Gasteiger partial charge in [-0.05, 0) is 18.1 Å². The third-order valence-electron chi connectivity index (χ3n) is 3.18. The van der Waals surface area contributed by atoms with Crippen LogP contribution in [0.25, 0.3) is 0 Å². The summed E-state index contributed by atoms with van der Waals surface area (Å²) < 4.78 is 0. The Bertz CT molecular complexity index is 650. The second-order valence-electron chi connectivity index (χ2n) is 4.84. The van der Waals surface area contributed by atoms with E-state index in [0.29, 0.717) is 5.56 Å². The lowest BCUT2D eigenvalue weighted by Gasteiger charge is -2.09. The quantitative estimate of drug-likeness (QED) is 0.476. The zero-order chi connectivity index (χ0) is 15.4. The second-order valence-corrected chi connectivity index (χ2v) is 5.28. The summed E-state index contributed by atoms with van der Waals surface area (Å²) in [4.78, 5) is 22.3. The van der Waals surface area contributed by atoms with Crippen LogP contribution in [0.3, 0.4) is 0 Å². The number of non-ortho nitro benzene ring substituents is 1. The van der Waals surface area contributed by atoms with E-state index >= 15 is 0 Å². The Balaban J connectivity index is 2.08. The maximum Gasteiger partial charge on any atom is 0.269 e. The summed E-state index contributed by atoms with van der Waals surface area (Å²) in [6.07, 6.45) is 0.242. The topological polar surface area (TPSA) is 60.2 Å². The lowest BCUT2D eigenvalue weighted by molar-refractivity contribution is -0.384. The van der Waals surface area contributed by atoms with Crippen LogP contribution in [-0.2, 0) is 11.2 Å². The fraction of sp³-hybridized carbons (Fsp3) is 0.188. The van der Waals surface area contributed by atoms with Crippen LogP contribution in [0, 0.1) is 17.0 Å². The number of hydrogen-bond acceptors (Lipinski definition) is 3. The Morgan fingerprint density at radius 3 is 2.24 bits per heavy atom. The molecule has 0 heterocycles. The van der Waals surface area contributed by atoms with Gasteiger partial charge in [-0.2, -0.15) is 0 Å². The number of nitro benzene ring substituents is 1. The fourth-order valence-corrected chi connectivity index (χ4v) is 2.17. The number of aryl methyl sites for hydroxylation is 1. The van der Waals surface area contributed by atoms with E-state index in [1.807, 2.05) is 31.2 Å². The van der Waals surface area contributed by atoms with E-state index in [2.05, 4.69) is 0 Å². The van der Waals surface area contributed by atoms with E-state index in [1.165, 1.54) is 24.3 Å². The Hall–Kier alpha value is -2.20. The predicted molar refractivity (Wildman–Crippen MR) is 81.6 cm³/mol. The van der Waals surface area contributed by atoms with Crippen molar-refractivity contribution in [1.29, 1.82) is 0 Å². The molecule has 108 valence electrons. The molecular weight excluding hydrogens is 290 g/mol. The molecule has 0 spiro atoms. The van der Waals surface area contributed by atoms with Crippen LogP contribution >= 0.6 is 11.6 Å². The van der Waals surface area contributed by atoms with Gasteiger partial charge in [0, 0.05) is 18.6 Å². The number of halogens is 1. The summed E-state index contributed by atoms with van der Waals surface area (Å²) in [5, 5.41) is 9.79. The molecule has 0 aliphatic heterocycles. The zero-order valence-corrected chi connectivity index (χ0v) is 12.2. The van der Waals surface area contributed by atoms with E-state index in [9.17, 15) is 14.9 Å². The van der Waals surface area contributed by atoms with E-state index in [-0.39, 0.29) is 17.9 Å². The molecule has 0 aromatic heterocycles. The molecule has 4 nitrogen and oxygen atoms in total. The molecule has 0 saturated carbocycles. The summed E-state index contributed by atoms with van der Waals surface area (Å²) in [5.74, 6) is -0.130. The van der Waals surface area contributed by atoms with Gasteiger partial charge in [0.2, 0.25) is 0 Å². The number of carbonyl (C=O) groups is 1. The average molecular weight is 304 g/mol. The molecule has 0 saturated heterocycles. The average Bonchev–Trinajstić information content (AvgIpc) is 2.49. The summed E-state index contributed by atoms with van der Waals surface area (Å²) in [6, 6.07) is 13.4. The van der Waals surface area contributed by atoms with Crippen molar-refractivity contribution in [3.63, 3.8) is 0 Å². The highest BCUT2D eigenvalue weighted by atomic mass is 35.5. The molecule has 0 aliphatic carbocycles. The largest absolute Gasteiger partial charge is 0.297 e. The number of carbonyl (C=O) groups excluding carboxylic acids is 1. The minimum atomic E-state index is -0.799. The maximum absolute atomic E-state index is 12.2. The molecule has 0 amide bonds. The molecule has 2 rings (SSSR count). The molecule has 1 atom stereocenters.